The molecule has 1 aliphatic carbocycles. The van der Waals surface area contributed by atoms with Gasteiger partial charge in [-0.15, -0.1) is 0 Å². The van der Waals surface area contributed by atoms with E-state index in [9.17, 15) is 4.79 Å². The first-order chi connectivity index (χ1) is 8.06. The van der Waals surface area contributed by atoms with Crippen molar-refractivity contribution in [1.82, 2.24) is 5.32 Å². The number of hydrogen-bond donors (Lipinski definition) is 1. The Bertz CT molecular complexity index is 432. The van der Waals surface area contributed by atoms with Gasteiger partial charge in [-0.1, -0.05) is 28.9 Å². The molecule has 0 radical (unpaired) electrons. The predicted molar refractivity (Wildman–Crippen MR) is 73.2 cm³/mol. The molecule has 0 saturated heterocycles. The van der Waals surface area contributed by atoms with E-state index < -0.39 is 0 Å². The van der Waals surface area contributed by atoms with Crippen LogP contribution in [0, 0.1) is 6.92 Å². The van der Waals surface area contributed by atoms with E-state index in [1.165, 1.54) is 6.42 Å². The molecule has 1 N–H and O–H groups in total. The Balaban J connectivity index is 2.11. The lowest BCUT2D eigenvalue weighted by molar-refractivity contribution is 0.0820. The van der Waals surface area contributed by atoms with Crippen LogP contribution in [0.5, 0.6) is 0 Å². The number of rotatable bonds is 3. The predicted octanol–water partition coefficient (Wildman–Crippen LogP) is 3.82. The fourth-order valence-electron chi connectivity index (χ4n) is 2.22. The Kier molecular flexibility index (Phi) is 3.57. The summed E-state index contributed by atoms with van der Waals surface area (Å²) in [5.41, 5.74) is 1.95. The highest BCUT2D eigenvalue weighted by molar-refractivity contribution is 9.10. The molecular formula is C14H18BrNO. The molecule has 1 aromatic carbocycles. The van der Waals surface area contributed by atoms with Gasteiger partial charge in [-0.05, 0) is 50.3 Å². The van der Waals surface area contributed by atoms with Crippen molar-refractivity contribution in [3.05, 3.63) is 33.8 Å². The van der Waals surface area contributed by atoms with Gasteiger partial charge in [0.25, 0.3) is 5.91 Å². The quantitative estimate of drug-likeness (QED) is 0.902. The van der Waals surface area contributed by atoms with Gasteiger partial charge in [-0.3, -0.25) is 4.79 Å². The fraction of sp³-hybridized carbons (Fsp3) is 0.500. The Morgan fingerprint density at radius 1 is 1.47 bits per heavy atom. The summed E-state index contributed by atoms with van der Waals surface area (Å²) in [6, 6.07) is 5.75. The van der Waals surface area contributed by atoms with E-state index in [0.717, 1.165) is 34.9 Å². The van der Waals surface area contributed by atoms with Crippen LogP contribution in [0.2, 0.25) is 0 Å². The summed E-state index contributed by atoms with van der Waals surface area (Å²) in [7, 11) is 0. The zero-order valence-electron chi connectivity index (χ0n) is 10.3. The molecule has 2 rings (SSSR count). The molecule has 0 spiro atoms. The van der Waals surface area contributed by atoms with Gasteiger partial charge < -0.3 is 5.32 Å². The number of carbonyl (C=O) groups excluding carboxylic acids is 1. The molecule has 1 aliphatic rings. The molecule has 0 unspecified atom stereocenters. The van der Waals surface area contributed by atoms with Crippen LogP contribution in [0.3, 0.4) is 0 Å². The van der Waals surface area contributed by atoms with Crippen LogP contribution in [0.1, 0.15) is 48.5 Å². The first-order valence-corrected chi connectivity index (χ1v) is 6.94. The second-order valence-electron chi connectivity index (χ2n) is 4.91. The maximum Gasteiger partial charge on any atom is 0.251 e. The first-order valence-electron chi connectivity index (χ1n) is 6.15. The number of benzene rings is 1. The van der Waals surface area contributed by atoms with Crippen molar-refractivity contribution in [2.75, 3.05) is 0 Å². The molecule has 1 amide bonds. The van der Waals surface area contributed by atoms with E-state index in [1.54, 1.807) is 0 Å². The fourth-order valence-corrected chi connectivity index (χ4v) is 2.60. The monoisotopic (exact) mass is 295 g/mol. The summed E-state index contributed by atoms with van der Waals surface area (Å²) >= 11 is 3.46. The standard InChI is InChI=1S/C14H18BrNO/c1-3-14(7-4-8-14)16-13(17)11-6-5-10(2)12(15)9-11/h5-6,9H,3-4,7-8H2,1-2H3,(H,16,17). The van der Waals surface area contributed by atoms with E-state index >= 15 is 0 Å². The zero-order chi connectivity index (χ0) is 12.5. The Morgan fingerprint density at radius 3 is 2.65 bits per heavy atom. The van der Waals surface area contributed by atoms with E-state index in [2.05, 4.69) is 28.2 Å². The average Bonchev–Trinajstić information content (AvgIpc) is 2.27. The van der Waals surface area contributed by atoms with Crippen LogP contribution in [0.15, 0.2) is 22.7 Å². The Hall–Kier alpha value is -0.830. The number of carbonyl (C=O) groups is 1. The molecule has 0 atom stereocenters. The molecule has 1 fully saturated rings. The van der Waals surface area contributed by atoms with Crippen molar-refractivity contribution >= 4 is 21.8 Å². The summed E-state index contributed by atoms with van der Waals surface area (Å²) in [6.45, 7) is 4.16. The van der Waals surface area contributed by atoms with Gasteiger partial charge in [0.05, 0.1) is 0 Å². The van der Waals surface area contributed by atoms with Crippen molar-refractivity contribution in [1.29, 1.82) is 0 Å². The normalized spacial score (nSPS) is 17.4. The number of nitrogens with one attached hydrogen (secondary N) is 1. The Labute approximate surface area is 111 Å². The van der Waals surface area contributed by atoms with Gasteiger partial charge in [0.15, 0.2) is 0 Å². The zero-order valence-corrected chi connectivity index (χ0v) is 11.9. The van der Waals surface area contributed by atoms with Crippen LogP contribution in [-0.4, -0.2) is 11.4 Å². The van der Waals surface area contributed by atoms with Crippen molar-refractivity contribution in [2.45, 2.75) is 45.1 Å². The van der Waals surface area contributed by atoms with Crippen molar-refractivity contribution < 1.29 is 4.79 Å². The maximum atomic E-state index is 12.1. The van der Waals surface area contributed by atoms with Gasteiger partial charge >= 0.3 is 0 Å². The highest BCUT2D eigenvalue weighted by atomic mass is 79.9. The summed E-state index contributed by atoms with van der Waals surface area (Å²) in [6.07, 6.45) is 4.47. The molecule has 0 heterocycles. The first kappa shape index (κ1) is 12.6. The lowest BCUT2D eigenvalue weighted by Crippen LogP contribution is -2.52. The molecule has 92 valence electrons. The lowest BCUT2D eigenvalue weighted by Gasteiger charge is -2.42. The van der Waals surface area contributed by atoms with Gasteiger partial charge in [-0.25, -0.2) is 0 Å². The molecule has 3 heteroatoms. The van der Waals surface area contributed by atoms with Crippen molar-refractivity contribution in [2.24, 2.45) is 0 Å². The van der Waals surface area contributed by atoms with E-state index in [4.69, 9.17) is 0 Å². The average molecular weight is 296 g/mol. The minimum atomic E-state index is 0.0484. The highest BCUT2D eigenvalue weighted by Gasteiger charge is 2.36. The topological polar surface area (TPSA) is 29.1 Å². The maximum absolute atomic E-state index is 12.1. The summed E-state index contributed by atoms with van der Waals surface area (Å²) in [4.78, 5) is 12.1. The van der Waals surface area contributed by atoms with Gasteiger partial charge in [0.2, 0.25) is 0 Å². The number of halogens is 1. The third-order valence-corrected chi connectivity index (χ3v) is 4.65. The lowest BCUT2D eigenvalue weighted by atomic mass is 9.74. The van der Waals surface area contributed by atoms with E-state index in [-0.39, 0.29) is 11.4 Å². The largest absolute Gasteiger partial charge is 0.347 e. The summed E-state index contributed by atoms with van der Waals surface area (Å²) < 4.78 is 0.990. The van der Waals surface area contributed by atoms with Crippen LogP contribution < -0.4 is 5.32 Å². The van der Waals surface area contributed by atoms with E-state index in [0.29, 0.717) is 0 Å². The minimum Gasteiger partial charge on any atom is -0.347 e. The summed E-state index contributed by atoms with van der Waals surface area (Å²) in [5, 5.41) is 3.18. The van der Waals surface area contributed by atoms with Gasteiger partial charge in [-0.2, -0.15) is 0 Å². The number of hydrogen-bond acceptors (Lipinski definition) is 1. The number of aryl methyl sites for hydroxylation is 1. The second kappa shape index (κ2) is 4.81. The van der Waals surface area contributed by atoms with Crippen LogP contribution in [0.4, 0.5) is 0 Å². The smallest absolute Gasteiger partial charge is 0.251 e. The third-order valence-electron chi connectivity index (χ3n) is 3.80. The number of amides is 1. The second-order valence-corrected chi connectivity index (χ2v) is 5.76. The van der Waals surface area contributed by atoms with Crippen molar-refractivity contribution in [3.63, 3.8) is 0 Å². The summed E-state index contributed by atoms with van der Waals surface area (Å²) in [5.74, 6) is 0.0484. The molecule has 17 heavy (non-hydrogen) atoms. The molecule has 1 aromatic rings. The Morgan fingerprint density at radius 2 is 2.18 bits per heavy atom. The van der Waals surface area contributed by atoms with Crippen LogP contribution >= 0.6 is 15.9 Å². The van der Waals surface area contributed by atoms with Gasteiger partial charge in [0, 0.05) is 15.6 Å². The minimum absolute atomic E-state index is 0.0484. The van der Waals surface area contributed by atoms with E-state index in [1.807, 2.05) is 25.1 Å². The molecule has 0 aromatic heterocycles. The third kappa shape index (κ3) is 2.54. The molecule has 0 bridgehead atoms. The SMILES string of the molecule is CCC1(NC(=O)c2ccc(C)c(Br)c2)CCC1. The molecular weight excluding hydrogens is 278 g/mol. The van der Waals surface area contributed by atoms with Crippen molar-refractivity contribution in [3.8, 4) is 0 Å². The van der Waals surface area contributed by atoms with Crippen LogP contribution in [0.25, 0.3) is 0 Å². The van der Waals surface area contributed by atoms with Gasteiger partial charge in [0.1, 0.15) is 0 Å². The van der Waals surface area contributed by atoms with Crippen LogP contribution in [-0.2, 0) is 0 Å². The molecule has 0 aliphatic heterocycles. The molecule has 1 saturated carbocycles. The molecule has 2 nitrogen and oxygen atoms in total. The highest BCUT2D eigenvalue weighted by Crippen LogP contribution is 2.34.